The number of aryl methyl sites for hydroxylation is 1. The SMILES string of the molecule is CCOc1ccc(NC(=O)c2cc(-c3ccccc3)nc3ccc(CC)cc23)cc1. The highest BCUT2D eigenvalue weighted by molar-refractivity contribution is 6.13. The number of ether oxygens (including phenoxy) is 1. The van der Waals surface area contributed by atoms with Gasteiger partial charge in [-0.15, -0.1) is 0 Å². The molecule has 4 nitrogen and oxygen atoms in total. The van der Waals surface area contributed by atoms with Crippen LogP contribution in [0.1, 0.15) is 29.8 Å². The van der Waals surface area contributed by atoms with E-state index in [0.717, 1.165) is 40.0 Å². The van der Waals surface area contributed by atoms with E-state index in [2.05, 4.69) is 24.4 Å². The first-order valence-electron chi connectivity index (χ1n) is 10.2. The van der Waals surface area contributed by atoms with Crippen LogP contribution in [0.2, 0.25) is 0 Å². The molecular formula is C26H24N2O2. The molecule has 1 amide bonds. The van der Waals surface area contributed by atoms with Crippen LogP contribution in [0, 0.1) is 0 Å². The van der Waals surface area contributed by atoms with E-state index < -0.39 is 0 Å². The minimum absolute atomic E-state index is 0.156. The molecule has 0 aliphatic heterocycles. The monoisotopic (exact) mass is 396 g/mol. The van der Waals surface area contributed by atoms with Crippen LogP contribution in [0.4, 0.5) is 5.69 Å². The predicted octanol–water partition coefficient (Wildman–Crippen LogP) is 6.12. The summed E-state index contributed by atoms with van der Waals surface area (Å²) in [6.45, 7) is 4.66. The fourth-order valence-corrected chi connectivity index (χ4v) is 3.44. The third-order valence-corrected chi connectivity index (χ3v) is 5.02. The number of benzene rings is 3. The van der Waals surface area contributed by atoms with Crippen molar-refractivity contribution in [1.82, 2.24) is 4.98 Å². The maximum absolute atomic E-state index is 13.3. The zero-order valence-electron chi connectivity index (χ0n) is 17.2. The second-order valence-electron chi connectivity index (χ2n) is 7.04. The van der Waals surface area contributed by atoms with Crippen LogP contribution in [0.3, 0.4) is 0 Å². The lowest BCUT2D eigenvalue weighted by Gasteiger charge is -2.12. The molecule has 4 rings (SSSR count). The van der Waals surface area contributed by atoms with Crippen molar-refractivity contribution in [3.63, 3.8) is 0 Å². The number of aromatic nitrogens is 1. The molecule has 1 heterocycles. The normalized spacial score (nSPS) is 10.7. The maximum atomic E-state index is 13.3. The molecule has 4 heteroatoms. The second-order valence-corrected chi connectivity index (χ2v) is 7.04. The maximum Gasteiger partial charge on any atom is 0.256 e. The van der Waals surface area contributed by atoms with Crippen molar-refractivity contribution in [3.05, 3.63) is 90.0 Å². The Morgan fingerprint density at radius 1 is 0.933 bits per heavy atom. The van der Waals surface area contributed by atoms with Crippen LogP contribution in [0.5, 0.6) is 5.75 Å². The van der Waals surface area contributed by atoms with Crippen molar-refractivity contribution in [2.75, 3.05) is 11.9 Å². The summed E-state index contributed by atoms with van der Waals surface area (Å²) in [5.74, 6) is 0.626. The molecule has 0 aliphatic rings. The lowest BCUT2D eigenvalue weighted by molar-refractivity contribution is 0.102. The molecule has 0 radical (unpaired) electrons. The third kappa shape index (κ3) is 4.18. The van der Waals surface area contributed by atoms with E-state index in [0.29, 0.717) is 12.2 Å². The summed E-state index contributed by atoms with van der Waals surface area (Å²) in [7, 11) is 0. The fourth-order valence-electron chi connectivity index (χ4n) is 3.44. The Kier molecular flexibility index (Phi) is 5.75. The molecule has 0 saturated carbocycles. The summed E-state index contributed by atoms with van der Waals surface area (Å²) in [4.78, 5) is 18.1. The number of amides is 1. The highest BCUT2D eigenvalue weighted by Gasteiger charge is 2.15. The van der Waals surface area contributed by atoms with Crippen molar-refractivity contribution in [2.45, 2.75) is 20.3 Å². The highest BCUT2D eigenvalue weighted by Crippen LogP contribution is 2.27. The van der Waals surface area contributed by atoms with Crippen LogP contribution in [-0.2, 0) is 6.42 Å². The first-order valence-corrected chi connectivity index (χ1v) is 10.2. The van der Waals surface area contributed by atoms with Crippen molar-refractivity contribution in [3.8, 4) is 17.0 Å². The Labute approximate surface area is 176 Å². The van der Waals surface area contributed by atoms with E-state index in [4.69, 9.17) is 9.72 Å². The molecule has 0 bridgehead atoms. The first-order chi connectivity index (χ1) is 14.7. The molecule has 0 atom stereocenters. The van der Waals surface area contributed by atoms with E-state index in [9.17, 15) is 4.79 Å². The van der Waals surface area contributed by atoms with Gasteiger partial charge in [0.15, 0.2) is 0 Å². The first kappa shape index (κ1) is 19.6. The lowest BCUT2D eigenvalue weighted by atomic mass is 10.0. The van der Waals surface area contributed by atoms with Gasteiger partial charge in [0.1, 0.15) is 5.75 Å². The van der Waals surface area contributed by atoms with Crippen molar-refractivity contribution in [2.24, 2.45) is 0 Å². The number of pyridine rings is 1. The van der Waals surface area contributed by atoms with E-state index in [1.807, 2.05) is 73.7 Å². The topological polar surface area (TPSA) is 51.2 Å². The van der Waals surface area contributed by atoms with Gasteiger partial charge in [0.25, 0.3) is 5.91 Å². The average molecular weight is 396 g/mol. The Morgan fingerprint density at radius 3 is 2.40 bits per heavy atom. The Morgan fingerprint density at radius 2 is 1.70 bits per heavy atom. The minimum atomic E-state index is -0.156. The van der Waals surface area contributed by atoms with Gasteiger partial charge in [0, 0.05) is 16.6 Å². The quantitative estimate of drug-likeness (QED) is 0.427. The van der Waals surface area contributed by atoms with Gasteiger partial charge in [0.2, 0.25) is 0 Å². The summed E-state index contributed by atoms with van der Waals surface area (Å²) >= 11 is 0. The van der Waals surface area contributed by atoms with Gasteiger partial charge in [-0.1, -0.05) is 43.3 Å². The summed E-state index contributed by atoms with van der Waals surface area (Å²) in [5.41, 5.74) is 5.08. The number of nitrogens with zero attached hydrogens (tertiary/aromatic N) is 1. The number of hydrogen-bond donors (Lipinski definition) is 1. The van der Waals surface area contributed by atoms with E-state index in [1.165, 1.54) is 5.56 Å². The van der Waals surface area contributed by atoms with Crippen LogP contribution < -0.4 is 10.1 Å². The Hall–Kier alpha value is -3.66. The fraction of sp³-hybridized carbons (Fsp3) is 0.154. The van der Waals surface area contributed by atoms with Crippen molar-refractivity contribution < 1.29 is 9.53 Å². The summed E-state index contributed by atoms with van der Waals surface area (Å²) in [6.07, 6.45) is 0.899. The minimum Gasteiger partial charge on any atom is -0.494 e. The van der Waals surface area contributed by atoms with Gasteiger partial charge in [0.05, 0.1) is 23.4 Å². The Bertz CT molecular complexity index is 1170. The zero-order chi connectivity index (χ0) is 20.9. The lowest BCUT2D eigenvalue weighted by Crippen LogP contribution is -2.13. The second kappa shape index (κ2) is 8.78. The average Bonchev–Trinajstić information content (AvgIpc) is 2.80. The number of carbonyl (C=O) groups is 1. The number of carbonyl (C=O) groups excluding carboxylic acids is 1. The van der Waals surface area contributed by atoms with Crippen molar-refractivity contribution >= 4 is 22.5 Å². The molecule has 0 spiro atoms. The van der Waals surface area contributed by atoms with Crippen LogP contribution in [0.25, 0.3) is 22.2 Å². The summed E-state index contributed by atoms with van der Waals surface area (Å²) < 4.78 is 5.48. The van der Waals surface area contributed by atoms with Crippen molar-refractivity contribution in [1.29, 1.82) is 0 Å². The van der Waals surface area contributed by atoms with Gasteiger partial charge in [-0.25, -0.2) is 4.98 Å². The number of rotatable bonds is 6. The molecule has 1 aromatic heterocycles. The van der Waals surface area contributed by atoms with Gasteiger partial charge in [-0.3, -0.25) is 4.79 Å². The number of anilines is 1. The molecule has 4 aromatic rings. The molecule has 150 valence electrons. The molecular weight excluding hydrogens is 372 g/mol. The van der Waals surface area contributed by atoms with E-state index in [-0.39, 0.29) is 5.91 Å². The highest BCUT2D eigenvalue weighted by atomic mass is 16.5. The largest absolute Gasteiger partial charge is 0.494 e. The number of fused-ring (bicyclic) bond motifs is 1. The molecule has 0 fully saturated rings. The molecule has 3 aromatic carbocycles. The standard InChI is InChI=1S/C26H24N2O2/c1-3-18-10-15-24-22(16-18)23(17-25(28-24)19-8-6-5-7-9-19)26(29)27-20-11-13-21(14-12-20)30-4-2/h5-17H,3-4H2,1-2H3,(H,27,29). The van der Waals surface area contributed by atoms with Crippen LogP contribution in [-0.4, -0.2) is 17.5 Å². The molecule has 1 N–H and O–H groups in total. The Balaban J connectivity index is 1.75. The van der Waals surface area contributed by atoms with E-state index in [1.54, 1.807) is 0 Å². The molecule has 30 heavy (non-hydrogen) atoms. The molecule has 0 aliphatic carbocycles. The van der Waals surface area contributed by atoms with Gasteiger partial charge in [-0.2, -0.15) is 0 Å². The summed E-state index contributed by atoms with van der Waals surface area (Å²) in [6, 6.07) is 25.3. The van der Waals surface area contributed by atoms with E-state index >= 15 is 0 Å². The number of hydrogen-bond acceptors (Lipinski definition) is 3. The molecule has 0 saturated heterocycles. The van der Waals surface area contributed by atoms with Gasteiger partial charge in [-0.05, 0) is 61.4 Å². The van der Waals surface area contributed by atoms with Gasteiger partial charge >= 0.3 is 0 Å². The van der Waals surface area contributed by atoms with Crippen LogP contribution >= 0.6 is 0 Å². The third-order valence-electron chi connectivity index (χ3n) is 5.02. The predicted molar refractivity (Wildman–Crippen MR) is 122 cm³/mol. The van der Waals surface area contributed by atoms with Crippen LogP contribution in [0.15, 0.2) is 78.9 Å². The number of nitrogens with one attached hydrogen (secondary N) is 1. The zero-order valence-corrected chi connectivity index (χ0v) is 17.2. The molecule has 0 unspecified atom stereocenters. The van der Waals surface area contributed by atoms with Gasteiger partial charge < -0.3 is 10.1 Å². The summed E-state index contributed by atoms with van der Waals surface area (Å²) in [5, 5.41) is 3.87. The smallest absolute Gasteiger partial charge is 0.256 e.